The Morgan fingerprint density at radius 1 is 0.543 bits per heavy atom. The molecule has 2 aromatic carbocycles. The highest BCUT2D eigenvalue weighted by Gasteiger charge is 2.22. The molecule has 0 radical (unpaired) electrons. The fourth-order valence-corrected chi connectivity index (χ4v) is 5.12. The molecule has 8 heteroatoms. The van der Waals surface area contributed by atoms with Gasteiger partial charge in [0.05, 0.1) is 51.8 Å². The summed E-state index contributed by atoms with van der Waals surface area (Å²) in [6.45, 7) is 10.2. The molecular weight excluding hydrogens is 584 g/mol. The lowest BCUT2D eigenvalue weighted by Gasteiger charge is -2.28. The van der Waals surface area contributed by atoms with E-state index in [4.69, 9.17) is 28.4 Å². The van der Waals surface area contributed by atoms with Gasteiger partial charge in [-0.25, -0.2) is 9.59 Å². The molecule has 8 nitrogen and oxygen atoms in total. The van der Waals surface area contributed by atoms with Crippen LogP contribution in [-0.4, -0.2) is 50.6 Å². The zero-order chi connectivity index (χ0) is 32.7. The van der Waals surface area contributed by atoms with Gasteiger partial charge in [0, 0.05) is 12.2 Å². The summed E-state index contributed by atoms with van der Waals surface area (Å²) in [6.07, 6.45) is 14.7. The molecule has 0 spiro atoms. The van der Waals surface area contributed by atoms with Gasteiger partial charge in [-0.1, -0.05) is 37.4 Å². The molecule has 0 N–H and O–H groups in total. The van der Waals surface area contributed by atoms with Crippen LogP contribution in [0, 0.1) is 0 Å². The molecule has 0 heterocycles. The molecule has 0 atom stereocenters. The van der Waals surface area contributed by atoms with E-state index in [0.29, 0.717) is 39.6 Å². The second-order valence-electron chi connectivity index (χ2n) is 11.6. The van der Waals surface area contributed by atoms with Gasteiger partial charge in [-0.3, -0.25) is 0 Å². The van der Waals surface area contributed by atoms with E-state index in [9.17, 15) is 9.59 Å². The molecular formula is C38H52O8. The number of carbonyl (C=O) groups excluding carboxylic acids is 2. The molecule has 0 bridgehead atoms. The van der Waals surface area contributed by atoms with Crippen LogP contribution in [0.15, 0.2) is 73.8 Å². The minimum absolute atomic E-state index is 0.266. The fourth-order valence-electron chi connectivity index (χ4n) is 5.12. The van der Waals surface area contributed by atoms with E-state index < -0.39 is 0 Å². The maximum atomic E-state index is 11.0. The Bertz CT molecular complexity index is 1040. The van der Waals surface area contributed by atoms with Crippen molar-refractivity contribution in [2.24, 2.45) is 0 Å². The predicted octanol–water partition coefficient (Wildman–Crippen LogP) is 8.07. The molecule has 0 unspecified atom stereocenters. The normalized spacial score (nSPS) is 15.9. The first-order valence-corrected chi connectivity index (χ1v) is 16.8. The highest BCUT2D eigenvalue weighted by molar-refractivity contribution is 5.81. The highest BCUT2D eigenvalue weighted by Crippen LogP contribution is 2.26. The molecule has 1 saturated carbocycles. The summed E-state index contributed by atoms with van der Waals surface area (Å²) in [5.41, 5.74) is 2.30. The lowest BCUT2D eigenvalue weighted by Crippen LogP contribution is -2.26. The van der Waals surface area contributed by atoms with E-state index in [1.54, 1.807) is 0 Å². The van der Waals surface area contributed by atoms with Crippen LogP contribution in [0.3, 0.4) is 0 Å². The smallest absolute Gasteiger partial charge is 0.330 e. The molecule has 0 amide bonds. The Hall–Kier alpha value is -3.62. The van der Waals surface area contributed by atoms with Crippen molar-refractivity contribution in [2.75, 3.05) is 26.4 Å². The summed E-state index contributed by atoms with van der Waals surface area (Å²) in [4.78, 5) is 22.0. The third-order valence-corrected chi connectivity index (χ3v) is 7.88. The van der Waals surface area contributed by atoms with Crippen LogP contribution >= 0.6 is 0 Å². The van der Waals surface area contributed by atoms with Gasteiger partial charge in [0.2, 0.25) is 0 Å². The molecule has 0 saturated heterocycles. The van der Waals surface area contributed by atoms with Crippen molar-refractivity contribution in [3.63, 3.8) is 0 Å². The standard InChI is InChI=1S/C38H52O8/c1-3-37(39)43-27-11-7-5-9-25-41-33-17-13-31(14-18-33)29-45-35-21-23-36(24-22-35)46-30-32-15-19-34(20-16-32)42-26-10-6-8-12-28-44-38(40)4-2/h3-4,13-20,35-36H,1-2,5-12,21-30H2. The molecule has 46 heavy (non-hydrogen) atoms. The largest absolute Gasteiger partial charge is 0.494 e. The Morgan fingerprint density at radius 2 is 0.891 bits per heavy atom. The van der Waals surface area contributed by atoms with Crippen molar-refractivity contribution in [1.29, 1.82) is 0 Å². The second kappa shape index (κ2) is 22.8. The number of esters is 2. The third-order valence-electron chi connectivity index (χ3n) is 7.88. The van der Waals surface area contributed by atoms with Crippen LogP contribution in [0.5, 0.6) is 11.5 Å². The molecule has 0 aromatic heterocycles. The number of carbonyl (C=O) groups is 2. The van der Waals surface area contributed by atoms with Gasteiger partial charge in [-0.2, -0.15) is 0 Å². The minimum atomic E-state index is -0.361. The maximum Gasteiger partial charge on any atom is 0.330 e. The Kier molecular flexibility index (Phi) is 18.3. The van der Waals surface area contributed by atoms with Gasteiger partial charge in [-0.15, -0.1) is 0 Å². The topological polar surface area (TPSA) is 89.5 Å². The molecule has 1 fully saturated rings. The number of ether oxygens (including phenoxy) is 6. The highest BCUT2D eigenvalue weighted by atomic mass is 16.5. The summed E-state index contributed by atoms with van der Waals surface area (Å²) in [7, 11) is 0. The molecule has 1 aliphatic carbocycles. The van der Waals surface area contributed by atoms with E-state index in [1.165, 1.54) is 12.2 Å². The number of unbranched alkanes of at least 4 members (excludes halogenated alkanes) is 6. The van der Waals surface area contributed by atoms with Crippen LogP contribution in [-0.2, 0) is 41.8 Å². The van der Waals surface area contributed by atoms with E-state index >= 15 is 0 Å². The van der Waals surface area contributed by atoms with Crippen LogP contribution in [0.1, 0.15) is 88.2 Å². The first-order valence-electron chi connectivity index (χ1n) is 16.8. The number of hydrogen-bond donors (Lipinski definition) is 0. The molecule has 252 valence electrons. The number of rotatable bonds is 24. The van der Waals surface area contributed by atoms with Gasteiger partial charge in [0.1, 0.15) is 11.5 Å². The average molecular weight is 637 g/mol. The Morgan fingerprint density at radius 3 is 1.24 bits per heavy atom. The molecule has 3 rings (SSSR count). The summed E-state index contributed by atoms with van der Waals surface area (Å²) in [5, 5.41) is 0. The van der Waals surface area contributed by atoms with Crippen LogP contribution < -0.4 is 9.47 Å². The second-order valence-corrected chi connectivity index (χ2v) is 11.6. The van der Waals surface area contributed by atoms with Gasteiger partial charge in [0.25, 0.3) is 0 Å². The van der Waals surface area contributed by atoms with Crippen LogP contribution in [0.2, 0.25) is 0 Å². The Labute approximate surface area is 275 Å². The zero-order valence-corrected chi connectivity index (χ0v) is 27.3. The van der Waals surface area contributed by atoms with Crippen LogP contribution in [0.4, 0.5) is 0 Å². The van der Waals surface area contributed by atoms with Gasteiger partial charge in [0.15, 0.2) is 0 Å². The van der Waals surface area contributed by atoms with Crippen molar-refractivity contribution in [2.45, 2.75) is 102 Å². The molecule has 0 aliphatic heterocycles. The lowest BCUT2D eigenvalue weighted by atomic mass is 9.95. The van der Waals surface area contributed by atoms with Crippen molar-refractivity contribution in [3.05, 3.63) is 85.0 Å². The van der Waals surface area contributed by atoms with E-state index in [1.807, 2.05) is 24.3 Å². The van der Waals surface area contributed by atoms with Gasteiger partial charge in [-0.05, 0) is 112 Å². The maximum absolute atomic E-state index is 11.0. The van der Waals surface area contributed by atoms with E-state index in [-0.39, 0.29) is 24.1 Å². The summed E-state index contributed by atoms with van der Waals surface area (Å²) in [5.74, 6) is 1.02. The number of benzene rings is 2. The first-order chi connectivity index (χ1) is 22.6. The van der Waals surface area contributed by atoms with E-state index in [2.05, 4.69) is 37.4 Å². The lowest BCUT2D eigenvalue weighted by molar-refractivity contribution is -0.138. The van der Waals surface area contributed by atoms with Gasteiger partial charge < -0.3 is 28.4 Å². The molecule has 2 aromatic rings. The summed E-state index contributed by atoms with van der Waals surface area (Å²) < 4.78 is 34.1. The third kappa shape index (κ3) is 16.1. The minimum Gasteiger partial charge on any atom is -0.494 e. The SMILES string of the molecule is C=CC(=O)OCCCCCCOc1ccc(COC2CCC(OCc3ccc(OCCCCCCOC(=O)C=C)cc3)CC2)cc1. The first kappa shape index (κ1) is 36.8. The van der Waals surface area contributed by atoms with E-state index in [0.717, 1.165) is 99.7 Å². The fraction of sp³-hybridized carbons (Fsp3) is 0.526. The van der Waals surface area contributed by atoms with Crippen molar-refractivity contribution >= 4 is 11.9 Å². The average Bonchev–Trinajstić information content (AvgIpc) is 3.09. The van der Waals surface area contributed by atoms with Crippen molar-refractivity contribution < 1.29 is 38.0 Å². The zero-order valence-electron chi connectivity index (χ0n) is 27.3. The predicted molar refractivity (Wildman–Crippen MR) is 179 cm³/mol. The van der Waals surface area contributed by atoms with Crippen molar-refractivity contribution in [3.8, 4) is 11.5 Å². The summed E-state index contributed by atoms with van der Waals surface area (Å²) in [6, 6.07) is 16.3. The molecule has 1 aliphatic rings. The van der Waals surface area contributed by atoms with Gasteiger partial charge >= 0.3 is 11.9 Å². The Balaban J connectivity index is 1.18. The number of hydrogen-bond acceptors (Lipinski definition) is 8. The van der Waals surface area contributed by atoms with Crippen molar-refractivity contribution in [1.82, 2.24) is 0 Å². The summed E-state index contributed by atoms with van der Waals surface area (Å²) >= 11 is 0. The monoisotopic (exact) mass is 636 g/mol. The van der Waals surface area contributed by atoms with Crippen LogP contribution in [0.25, 0.3) is 0 Å². The quantitative estimate of drug-likeness (QED) is 0.0649.